The fourth-order valence-electron chi connectivity index (χ4n) is 5.61. The smallest absolute Gasteiger partial charge is 0.365 e. The normalized spacial score (nSPS) is 24.9. The van der Waals surface area contributed by atoms with E-state index in [1.54, 1.807) is 39.9 Å². The molecule has 0 bridgehead atoms. The van der Waals surface area contributed by atoms with Crippen molar-refractivity contribution in [2.75, 3.05) is 18.4 Å². The third-order valence-corrected chi connectivity index (χ3v) is 8.26. The topological polar surface area (TPSA) is 126 Å². The first-order chi connectivity index (χ1) is 18.6. The van der Waals surface area contributed by atoms with Gasteiger partial charge in [0.05, 0.1) is 24.6 Å². The number of primary amides is 1. The Kier molecular flexibility index (Phi) is 7.15. The molecule has 2 amide bonds. The number of likely N-dealkylation sites (tertiary alicyclic amines) is 1. The van der Waals surface area contributed by atoms with Crippen molar-refractivity contribution < 1.29 is 27.5 Å². The maximum absolute atomic E-state index is 14.0. The molecule has 3 N–H and O–H groups in total. The number of nitriles is 1. The van der Waals surface area contributed by atoms with Gasteiger partial charge >= 0.3 is 6.18 Å². The molecule has 2 heterocycles. The van der Waals surface area contributed by atoms with Gasteiger partial charge in [-0.3, -0.25) is 19.2 Å². The van der Waals surface area contributed by atoms with Gasteiger partial charge in [-0.25, -0.2) is 0 Å². The van der Waals surface area contributed by atoms with Gasteiger partial charge in [0.2, 0.25) is 5.91 Å². The van der Waals surface area contributed by atoms with Gasteiger partial charge in [0.25, 0.3) is 5.91 Å². The summed E-state index contributed by atoms with van der Waals surface area (Å²) in [5.74, 6) is -0.988. The summed E-state index contributed by atoms with van der Waals surface area (Å²) in [5, 5.41) is 16.7. The van der Waals surface area contributed by atoms with Gasteiger partial charge in [-0.1, -0.05) is 30.3 Å². The van der Waals surface area contributed by atoms with Crippen LogP contribution < -0.4 is 11.1 Å². The highest BCUT2D eigenvalue weighted by Crippen LogP contribution is 2.46. The summed E-state index contributed by atoms with van der Waals surface area (Å²) in [6.07, 6.45) is 0.666. The van der Waals surface area contributed by atoms with Crippen molar-refractivity contribution in [1.29, 1.82) is 5.26 Å². The number of halogens is 3. The SMILES string of the molecule is N#CC[C@]1(n2cc(C(N)=O)c(NC(=O)C3CC3)n2)CC[C@H](N2CC(OCc3ccccc3)(C(F)(F)F)C2)CC1. The van der Waals surface area contributed by atoms with Crippen molar-refractivity contribution in [3.63, 3.8) is 0 Å². The van der Waals surface area contributed by atoms with Gasteiger partial charge < -0.3 is 15.8 Å². The van der Waals surface area contributed by atoms with Crippen LogP contribution in [0.3, 0.4) is 0 Å². The Morgan fingerprint density at radius 2 is 1.82 bits per heavy atom. The van der Waals surface area contributed by atoms with E-state index in [0.29, 0.717) is 31.2 Å². The number of nitrogens with two attached hydrogens (primary N) is 1. The zero-order chi connectivity index (χ0) is 27.8. The van der Waals surface area contributed by atoms with Crippen LogP contribution in [-0.2, 0) is 21.7 Å². The van der Waals surface area contributed by atoms with Crippen LogP contribution in [-0.4, -0.2) is 57.4 Å². The van der Waals surface area contributed by atoms with E-state index in [2.05, 4.69) is 16.5 Å². The average molecular weight is 545 g/mol. The molecular weight excluding hydrogens is 513 g/mol. The molecule has 0 spiro atoms. The fraction of sp³-hybridized carbons (Fsp3) is 0.556. The molecule has 0 radical (unpaired) electrons. The maximum atomic E-state index is 14.0. The van der Waals surface area contributed by atoms with E-state index in [1.807, 2.05) is 0 Å². The van der Waals surface area contributed by atoms with E-state index < -0.39 is 23.2 Å². The molecule has 208 valence electrons. The highest BCUT2D eigenvalue weighted by molar-refractivity contribution is 6.02. The molecule has 3 aliphatic rings. The minimum atomic E-state index is -4.50. The molecular formula is C27H31F3N6O3. The zero-order valence-corrected chi connectivity index (χ0v) is 21.4. The molecule has 9 nitrogen and oxygen atoms in total. The lowest BCUT2D eigenvalue weighted by Gasteiger charge is -2.54. The number of alkyl halides is 3. The van der Waals surface area contributed by atoms with Crippen molar-refractivity contribution in [2.45, 2.75) is 74.9 Å². The fourth-order valence-corrected chi connectivity index (χ4v) is 5.61. The van der Waals surface area contributed by atoms with Crippen LogP contribution in [0.1, 0.15) is 60.9 Å². The van der Waals surface area contributed by atoms with Crippen molar-refractivity contribution in [3.8, 4) is 6.07 Å². The number of nitrogens with one attached hydrogen (secondary N) is 1. The predicted molar refractivity (Wildman–Crippen MR) is 134 cm³/mol. The van der Waals surface area contributed by atoms with E-state index in [0.717, 1.165) is 12.8 Å². The Labute approximate surface area is 224 Å². The second-order valence-corrected chi connectivity index (χ2v) is 10.9. The van der Waals surface area contributed by atoms with E-state index in [4.69, 9.17) is 10.5 Å². The van der Waals surface area contributed by atoms with Crippen LogP contribution >= 0.6 is 0 Å². The zero-order valence-electron chi connectivity index (χ0n) is 21.4. The van der Waals surface area contributed by atoms with Crippen LogP contribution in [0, 0.1) is 17.2 Å². The third-order valence-electron chi connectivity index (χ3n) is 8.26. The van der Waals surface area contributed by atoms with Crippen molar-refractivity contribution in [2.24, 2.45) is 11.7 Å². The van der Waals surface area contributed by atoms with Crippen molar-refractivity contribution >= 4 is 17.6 Å². The van der Waals surface area contributed by atoms with Crippen LogP contribution in [0.2, 0.25) is 0 Å². The van der Waals surface area contributed by atoms with Crippen molar-refractivity contribution in [3.05, 3.63) is 47.7 Å². The minimum absolute atomic E-state index is 0.0664. The first-order valence-corrected chi connectivity index (χ1v) is 13.1. The summed E-state index contributed by atoms with van der Waals surface area (Å²) in [5.41, 5.74) is 3.31. The molecule has 2 aromatic rings. The number of ether oxygens (including phenoxy) is 1. The molecule has 0 unspecified atom stereocenters. The van der Waals surface area contributed by atoms with Crippen LogP contribution in [0.25, 0.3) is 0 Å². The second-order valence-electron chi connectivity index (χ2n) is 10.9. The number of rotatable bonds is 9. The number of aromatic nitrogens is 2. The molecule has 39 heavy (non-hydrogen) atoms. The van der Waals surface area contributed by atoms with E-state index in [1.165, 1.54) is 6.20 Å². The van der Waals surface area contributed by atoms with Gasteiger partial charge in [-0.05, 0) is 44.1 Å². The summed E-state index contributed by atoms with van der Waals surface area (Å²) in [7, 11) is 0. The van der Waals surface area contributed by atoms with Crippen LogP contribution in [0.15, 0.2) is 36.5 Å². The predicted octanol–water partition coefficient (Wildman–Crippen LogP) is 3.72. The lowest BCUT2D eigenvalue weighted by molar-refractivity contribution is -0.327. The lowest BCUT2D eigenvalue weighted by atomic mass is 9.75. The van der Waals surface area contributed by atoms with E-state index in [9.17, 15) is 28.0 Å². The highest BCUT2D eigenvalue weighted by atomic mass is 19.4. The average Bonchev–Trinajstić information content (AvgIpc) is 3.64. The number of nitrogens with zero attached hydrogens (tertiary/aromatic N) is 4. The lowest BCUT2D eigenvalue weighted by Crippen LogP contribution is -2.72. The van der Waals surface area contributed by atoms with Gasteiger partial charge in [-0.15, -0.1) is 0 Å². The Hall–Kier alpha value is -3.43. The number of carbonyl (C=O) groups is 2. The Balaban J connectivity index is 1.26. The minimum Gasteiger partial charge on any atom is -0.365 e. The molecule has 2 saturated carbocycles. The van der Waals surface area contributed by atoms with Gasteiger partial charge in [0.1, 0.15) is 5.56 Å². The highest BCUT2D eigenvalue weighted by Gasteiger charge is 2.64. The molecule has 1 aliphatic heterocycles. The third kappa shape index (κ3) is 5.38. The molecule has 0 atom stereocenters. The molecule has 1 aromatic carbocycles. The molecule has 5 rings (SSSR count). The van der Waals surface area contributed by atoms with E-state index in [-0.39, 0.29) is 55.4 Å². The summed E-state index contributed by atoms with van der Waals surface area (Å²) in [6, 6.07) is 10.9. The summed E-state index contributed by atoms with van der Waals surface area (Å²) in [4.78, 5) is 26.2. The van der Waals surface area contributed by atoms with E-state index >= 15 is 0 Å². The number of benzene rings is 1. The Morgan fingerprint density at radius 3 is 2.38 bits per heavy atom. The molecule has 2 aliphatic carbocycles. The largest absolute Gasteiger partial charge is 0.419 e. The van der Waals surface area contributed by atoms with Gasteiger partial charge in [0.15, 0.2) is 11.4 Å². The number of carbonyl (C=O) groups excluding carboxylic acids is 2. The summed E-state index contributed by atoms with van der Waals surface area (Å²) >= 11 is 0. The summed E-state index contributed by atoms with van der Waals surface area (Å²) < 4.78 is 49.1. The first kappa shape index (κ1) is 27.1. The Bertz CT molecular complexity index is 1250. The monoisotopic (exact) mass is 544 g/mol. The molecule has 1 aromatic heterocycles. The quantitative estimate of drug-likeness (QED) is 0.496. The maximum Gasteiger partial charge on any atom is 0.419 e. The number of hydrogen-bond acceptors (Lipinski definition) is 6. The standard InChI is InChI=1S/C27H31F3N6O3/c28-27(29,30)26(39-15-18-4-2-1-3-5-18)16-35(17-26)20-8-10-25(11-9-20,12-13-31)36-14-21(22(32)37)23(34-36)33-24(38)19-6-7-19/h1-5,14,19-20H,6-12,15-17H2,(H2,32,37)(H,33,34,38)/t20-,25-. The Morgan fingerprint density at radius 1 is 1.15 bits per heavy atom. The molecule has 3 fully saturated rings. The van der Waals surface area contributed by atoms with Gasteiger partial charge in [0, 0.05) is 31.2 Å². The number of hydrogen-bond donors (Lipinski definition) is 2. The van der Waals surface area contributed by atoms with Crippen molar-refractivity contribution in [1.82, 2.24) is 14.7 Å². The second kappa shape index (κ2) is 10.3. The molecule has 12 heteroatoms. The summed E-state index contributed by atoms with van der Waals surface area (Å²) in [6.45, 7) is -0.611. The van der Waals surface area contributed by atoms with Gasteiger partial charge in [-0.2, -0.15) is 23.5 Å². The number of amides is 2. The first-order valence-electron chi connectivity index (χ1n) is 13.1. The van der Waals surface area contributed by atoms with Crippen LogP contribution in [0.5, 0.6) is 0 Å². The van der Waals surface area contributed by atoms with Crippen LogP contribution in [0.4, 0.5) is 19.0 Å². The number of anilines is 1. The molecule has 1 saturated heterocycles.